The van der Waals surface area contributed by atoms with Crippen LogP contribution < -0.4 is 5.73 Å². The Labute approximate surface area is 104 Å². The van der Waals surface area contributed by atoms with Crippen LogP contribution in [-0.4, -0.2) is 39.5 Å². The molecule has 18 heavy (non-hydrogen) atoms. The average Bonchev–Trinajstić information content (AvgIpc) is 2.38. The van der Waals surface area contributed by atoms with Gasteiger partial charge in [-0.15, -0.1) is 0 Å². The Morgan fingerprint density at radius 2 is 2.22 bits per heavy atom. The molecule has 1 aliphatic rings. The quantitative estimate of drug-likeness (QED) is 0.805. The number of anilines is 1. The third-order valence-electron chi connectivity index (χ3n) is 3.09. The number of nitrogens with two attached hydrogens (primary N) is 1. The first-order valence-electron chi connectivity index (χ1n) is 5.85. The molecule has 0 spiro atoms. The van der Waals surface area contributed by atoms with E-state index in [1.54, 1.807) is 12.1 Å². The number of likely N-dealkylation sites (tertiary alicyclic amines) is 1. The van der Waals surface area contributed by atoms with Crippen LogP contribution in [0, 0.1) is 0 Å². The van der Waals surface area contributed by atoms with E-state index in [1.165, 1.54) is 11.1 Å². The fourth-order valence-electron chi connectivity index (χ4n) is 2.16. The molecular weight excluding hydrogens is 234 g/mol. The molecule has 1 saturated heterocycles. The van der Waals surface area contributed by atoms with Crippen LogP contribution in [0.1, 0.15) is 29.8 Å². The van der Waals surface area contributed by atoms with Crippen molar-refractivity contribution in [2.45, 2.75) is 25.3 Å². The van der Waals surface area contributed by atoms with E-state index < -0.39 is 17.9 Å². The van der Waals surface area contributed by atoms with Gasteiger partial charge in [-0.25, -0.2) is 9.78 Å². The number of amides is 1. The van der Waals surface area contributed by atoms with Gasteiger partial charge < -0.3 is 15.7 Å². The third-order valence-corrected chi connectivity index (χ3v) is 3.09. The number of aromatic nitrogens is 1. The maximum Gasteiger partial charge on any atom is 0.326 e. The minimum absolute atomic E-state index is 0.130. The largest absolute Gasteiger partial charge is 0.480 e. The minimum Gasteiger partial charge on any atom is -0.480 e. The van der Waals surface area contributed by atoms with Crippen LogP contribution in [0.15, 0.2) is 18.3 Å². The summed E-state index contributed by atoms with van der Waals surface area (Å²) in [6.07, 6.45) is 3.58. The van der Waals surface area contributed by atoms with Gasteiger partial charge in [-0.2, -0.15) is 0 Å². The summed E-state index contributed by atoms with van der Waals surface area (Å²) >= 11 is 0. The molecule has 1 aromatic heterocycles. The lowest BCUT2D eigenvalue weighted by atomic mass is 10.0. The standard InChI is InChI=1S/C12H15N3O3/c13-8-4-3-6-14-10(8)11(16)15-7-2-1-5-9(15)12(17)18/h3-4,6,9H,1-2,5,7,13H2,(H,17,18). The molecule has 1 fully saturated rings. The van der Waals surface area contributed by atoms with Crippen molar-refractivity contribution in [3.05, 3.63) is 24.0 Å². The number of carbonyl (C=O) groups is 2. The monoisotopic (exact) mass is 249 g/mol. The SMILES string of the molecule is Nc1cccnc1C(=O)N1CCCCC1C(=O)O. The number of nitrogens with zero attached hydrogens (tertiary/aromatic N) is 2. The Balaban J connectivity index is 2.27. The molecule has 2 rings (SSSR count). The van der Waals surface area contributed by atoms with E-state index in [4.69, 9.17) is 10.8 Å². The molecule has 0 bridgehead atoms. The molecule has 0 aromatic carbocycles. The predicted molar refractivity (Wildman–Crippen MR) is 65.0 cm³/mol. The Bertz CT molecular complexity index is 475. The second-order valence-electron chi connectivity index (χ2n) is 4.29. The molecule has 1 unspecified atom stereocenters. The summed E-state index contributed by atoms with van der Waals surface area (Å²) in [6, 6.07) is 2.45. The smallest absolute Gasteiger partial charge is 0.326 e. The lowest BCUT2D eigenvalue weighted by molar-refractivity contribution is -0.143. The van der Waals surface area contributed by atoms with Gasteiger partial charge in [0.25, 0.3) is 5.91 Å². The number of nitrogen functional groups attached to an aromatic ring is 1. The second kappa shape index (κ2) is 5.03. The van der Waals surface area contributed by atoms with Gasteiger partial charge in [-0.1, -0.05) is 0 Å². The van der Waals surface area contributed by atoms with Crippen LogP contribution in [0.3, 0.4) is 0 Å². The molecule has 1 aromatic rings. The number of carbonyl (C=O) groups excluding carboxylic acids is 1. The van der Waals surface area contributed by atoms with Gasteiger partial charge in [0.15, 0.2) is 5.69 Å². The number of pyridine rings is 1. The molecule has 1 amide bonds. The van der Waals surface area contributed by atoms with E-state index in [9.17, 15) is 9.59 Å². The van der Waals surface area contributed by atoms with Gasteiger partial charge in [0, 0.05) is 12.7 Å². The molecule has 3 N–H and O–H groups in total. The zero-order valence-corrected chi connectivity index (χ0v) is 9.87. The van der Waals surface area contributed by atoms with Crippen LogP contribution in [0.4, 0.5) is 5.69 Å². The molecule has 1 atom stereocenters. The summed E-state index contributed by atoms with van der Waals surface area (Å²) in [5, 5.41) is 9.13. The van der Waals surface area contributed by atoms with Crippen molar-refractivity contribution < 1.29 is 14.7 Å². The van der Waals surface area contributed by atoms with Crippen molar-refractivity contribution >= 4 is 17.6 Å². The van der Waals surface area contributed by atoms with Gasteiger partial charge in [0.2, 0.25) is 0 Å². The maximum atomic E-state index is 12.3. The van der Waals surface area contributed by atoms with E-state index in [0.717, 1.165) is 12.8 Å². The zero-order chi connectivity index (χ0) is 13.1. The van der Waals surface area contributed by atoms with Gasteiger partial charge in [-0.3, -0.25) is 4.79 Å². The highest BCUT2D eigenvalue weighted by Crippen LogP contribution is 2.21. The zero-order valence-electron chi connectivity index (χ0n) is 9.87. The van der Waals surface area contributed by atoms with Crippen molar-refractivity contribution in [3.8, 4) is 0 Å². The first-order chi connectivity index (χ1) is 8.61. The second-order valence-corrected chi connectivity index (χ2v) is 4.29. The lowest BCUT2D eigenvalue weighted by Gasteiger charge is -2.32. The number of carboxylic acid groups (broad SMARTS) is 1. The first kappa shape index (κ1) is 12.3. The number of rotatable bonds is 2. The molecule has 6 nitrogen and oxygen atoms in total. The maximum absolute atomic E-state index is 12.3. The van der Waals surface area contributed by atoms with Crippen molar-refractivity contribution in [2.75, 3.05) is 12.3 Å². The van der Waals surface area contributed by atoms with Crippen molar-refractivity contribution in [1.29, 1.82) is 0 Å². The highest BCUT2D eigenvalue weighted by Gasteiger charge is 2.33. The number of aliphatic carboxylic acids is 1. The van der Waals surface area contributed by atoms with E-state index >= 15 is 0 Å². The number of hydrogen-bond donors (Lipinski definition) is 2. The van der Waals surface area contributed by atoms with Crippen molar-refractivity contribution in [2.24, 2.45) is 0 Å². The van der Waals surface area contributed by atoms with Gasteiger partial charge in [0.05, 0.1) is 5.69 Å². The predicted octanol–water partition coefficient (Wildman–Crippen LogP) is 0.743. The summed E-state index contributed by atoms with van der Waals surface area (Å²) in [6.45, 7) is 0.436. The van der Waals surface area contributed by atoms with Gasteiger partial charge in [0.1, 0.15) is 6.04 Å². The Hall–Kier alpha value is -2.11. The van der Waals surface area contributed by atoms with Crippen molar-refractivity contribution in [1.82, 2.24) is 9.88 Å². The number of carboxylic acids is 1. The van der Waals surface area contributed by atoms with Crippen molar-refractivity contribution in [3.63, 3.8) is 0 Å². The van der Waals surface area contributed by atoms with Crippen LogP contribution in [0.2, 0.25) is 0 Å². The number of piperidine rings is 1. The molecule has 96 valence electrons. The van der Waals surface area contributed by atoms with E-state index in [1.807, 2.05) is 0 Å². The Morgan fingerprint density at radius 1 is 1.44 bits per heavy atom. The van der Waals surface area contributed by atoms with Gasteiger partial charge in [-0.05, 0) is 31.4 Å². The summed E-state index contributed by atoms with van der Waals surface area (Å²) in [5.41, 5.74) is 6.10. The Morgan fingerprint density at radius 3 is 2.89 bits per heavy atom. The van der Waals surface area contributed by atoms with E-state index in [2.05, 4.69) is 4.98 Å². The van der Waals surface area contributed by atoms with Gasteiger partial charge >= 0.3 is 5.97 Å². The average molecular weight is 249 g/mol. The first-order valence-corrected chi connectivity index (χ1v) is 5.85. The summed E-state index contributed by atoms with van der Waals surface area (Å²) in [7, 11) is 0. The highest BCUT2D eigenvalue weighted by atomic mass is 16.4. The molecule has 0 aliphatic carbocycles. The van der Waals surface area contributed by atoms with E-state index in [0.29, 0.717) is 13.0 Å². The van der Waals surface area contributed by atoms with Crippen LogP contribution in [0.5, 0.6) is 0 Å². The Kier molecular flexibility index (Phi) is 3.45. The third kappa shape index (κ3) is 2.27. The normalized spacial score (nSPS) is 19.6. The fraction of sp³-hybridized carbons (Fsp3) is 0.417. The topological polar surface area (TPSA) is 96.5 Å². The molecular formula is C12H15N3O3. The van der Waals surface area contributed by atoms with Crippen LogP contribution in [0.25, 0.3) is 0 Å². The number of hydrogen-bond acceptors (Lipinski definition) is 4. The molecule has 6 heteroatoms. The summed E-state index contributed by atoms with van der Waals surface area (Å²) in [5.74, 6) is -1.38. The summed E-state index contributed by atoms with van der Waals surface area (Å²) in [4.78, 5) is 28.7. The fourth-order valence-corrected chi connectivity index (χ4v) is 2.16. The summed E-state index contributed by atoms with van der Waals surface area (Å²) < 4.78 is 0. The molecule has 0 saturated carbocycles. The van der Waals surface area contributed by atoms with Crippen LogP contribution in [-0.2, 0) is 4.79 Å². The highest BCUT2D eigenvalue weighted by molar-refractivity contribution is 5.99. The van der Waals surface area contributed by atoms with E-state index in [-0.39, 0.29) is 11.4 Å². The van der Waals surface area contributed by atoms with Crippen LogP contribution >= 0.6 is 0 Å². The minimum atomic E-state index is -0.974. The molecule has 1 aliphatic heterocycles. The lowest BCUT2D eigenvalue weighted by Crippen LogP contribution is -2.48. The molecule has 2 heterocycles. The molecule has 0 radical (unpaired) electrons.